The lowest BCUT2D eigenvalue weighted by molar-refractivity contribution is -0.157. The topological polar surface area (TPSA) is 144 Å². The molecule has 7 heterocycles. The number of aliphatic hydroxyl groups excluding tert-OH is 1. The van der Waals surface area contributed by atoms with Crippen LogP contribution in [0.3, 0.4) is 0 Å². The fourth-order valence-electron chi connectivity index (χ4n) is 6.51. The van der Waals surface area contributed by atoms with E-state index in [2.05, 4.69) is 30.7 Å². The van der Waals surface area contributed by atoms with Gasteiger partial charge in [-0.2, -0.15) is 23.1 Å². The highest BCUT2D eigenvalue weighted by Gasteiger charge is 2.46. The number of pyridine rings is 1. The van der Waals surface area contributed by atoms with Crippen molar-refractivity contribution in [1.29, 1.82) is 0 Å². The van der Waals surface area contributed by atoms with Crippen LogP contribution in [-0.2, 0) is 20.3 Å². The first kappa shape index (κ1) is 31.5. The number of nitrogens with one attached hydrogen (secondary N) is 2. The molecular formula is C31H34BF3N8O4. The maximum atomic E-state index is 12.8. The number of aromatic nitrogens is 5. The van der Waals surface area contributed by atoms with Crippen LogP contribution < -0.4 is 16.1 Å². The Morgan fingerprint density at radius 1 is 1.04 bits per heavy atom. The summed E-state index contributed by atoms with van der Waals surface area (Å²) in [6, 6.07) is 12.2. The van der Waals surface area contributed by atoms with E-state index in [1.165, 1.54) is 0 Å². The number of fused-ring (bicyclic) bond motifs is 4. The van der Waals surface area contributed by atoms with Gasteiger partial charge in [-0.1, -0.05) is 41.6 Å². The second-order valence-corrected chi connectivity index (χ2v) is 12.7. The fourth-order valence-corrected chi connectivity index (χ4v) is 6.51. The Morgan fingerprint density at radius 3 is 2.49 bits per heavy atom. The summed E-state index contributed by atoms with van der Waals surface area (Å²) in [7, 11) is -1.21. The van der Waals surface area contributed by atoms with E-state index < -0.39 is 31.5 Å². The van der Waals surface area contributed by atoms with E-state index in [0.29, 0.717) is 34.2 Å². The van der Waals surface area contributed by atoms with E-state index >= 15 is 0 Å². The van der Waals surface area contributed by atoms with Gasteiger partial charge in [-0.25, -0.2) is 9.97 Å². The number of benzene rings is 1. The van der Waals surface area contributed by atoms with E-state index in [-0.39, 0.29) is 23.9 Å². The molecule has 0 amide bonds. The van der Waals surface area contributed by atoms with Crippen LogP contribution in [0, 0.1) is 0 Å². The van der Waals surface area contributed by atoms with E-state index in [4.69, 9.17) is 23.8 Å². The van der Waals surface area contributed by atoms with Crippen LogP contribution in [0.4, 0.5) is 30.8 Å². The molecule has 1 aromatic carbocycles. The number of alkyl halides is 3. The minimum absolute atomic E-state index is 0.113. The molecule has 47 heavy (non-hydrogen) atoms. The zero-order valence-electron chi connectivity index (χ0n) is 25.9. The molecule has 3 N–H and O–H groups in total. The SMILES string of the molecule is CC1(C)OB(OCC(F)(F)F)c2ccc(Nc3ncc(-c4nc(C56CCN(CC5)CC6)no4)c(N[C@H](CO)c4ccccc4)n3)nc21. The van der Waals surface area contributed by atoms with E-state index in [9.17, 15) is 18.3 Å². The van der Waals surface area contributed by atoms with E-state index in [0.717, 1.165) is 44.5 Å². The molecule has 3 saturated heterocycles. The third kappa shape index (κ3) is 6.42. The third-order valence-corrected chi connectivity index (χ3v) is 9.13. The van der Waals surface area contributed by atoms with Crippen LogP contribution in [0.2, 0.25) is 0 Å². The van der Waals surface area contributed by atoms with Crippen LogP contribution in [0.1, 0.15) is 56.2 Å². The Bertz CT molecular complexity index is 1720. The molecule has 4 aliphatic heterocycles. The Hall–Kier alpha value is -4.12. The number of anilines is 3. The van der Waals surface area contributed by atoms with Crippen molar-refractivity contribution < 1.29 is 32.1 Å². The lowest BCUT2D eigenvalue weighted by Gasteiger charge is -2.46. The van der Waals surface area contributed by atoms with Gasteiger partial charge < -0.3 is 34.5 Å². The molecule has 3 fully saturated rings. The first-order valence-electron chi connectivity index (χ1n) is 15.5. The molecule has 0 saturated carbocycles. The molecule has 1 atom stereocenters. The number of piperidine rings is 3. The highest BCUT2D eigenvalue weighted by molar-refractivity contribution is 6.63. The number of aliphatic hydroxyl groups is 1. The number of hydrogen-bond acceptors (Lipinski definition) is 12. The van der Waals surface area contributed by atoms with Gasteiger partial charge in [-0.05, 0) is 64.4 Å². The molecule has 16 heteroatoms. The minimum atomic E-state index is -4.49. The number of hydrogen-bond donors (Lipinski definition) is 3. The third-order valence-electron chi connectivity index (χ3n) is 9.13. The lowest BCUT2D eigenvalue weighted by Crippen LogP contribution is -2.51. The lowest BCUT2D eigenvalue weighted by atomic mass is 9.71. The molecule has 0 unspecified atom stereocenters. The summed E-state index contributed by atoms with van der Waals surface area (Å²) in [6.45, 7) is 4.79. The van der Waals surface area contributed by atoms with Gasteiger partial charge in [0.05, 0.1) is 23.9 Å². The van der Waals surface area contributed by atoms with Crippen molar-refractivity contribution in [3.8, 4) is 11.5 Å². The molecule has 12 nitrogen and oxygen atoms in total. The Kier molecular flexibility index (Phi) is 8.14. The van der Waals surface area contributed by atoms with Gasteiger partial charge in [-0.3, -0.25) is 0 Å². The van der Waals surface area contributed by atoms with Gasteiger partial charge >= 0.3 is 13.3 Å². The van der Waals surface area contributed by atoms with E-state index in [1.54, 1.807) is 32.2 Å². The van der Waals surface area contributed by atoms with Crippen molar-refractivity contribution in [2.24, 2.45) is 0 Å². The molecule has 3 aromatic heterocycles. The van der Waals surface area contributed by atoms with Crippen molar-refractivity contribution in [3.05, 3.63) is 65.7 Å². The normalized spacial score (nSPS) is 22.3. The number of nitrogens with zero attached hydrogens (tertiary/aromatic N) is 6. The van der Waals surface area contributed by atoms with Crippen LogP contribution in [0.25, 0.3) is 11.5 Å². The molecule has 0 radical (unpaired) electrons. The summed E-state index contributed by atoms with van der Waals surface area (Å²) >= 11 is 0. The highest BCUT2D eigenvalue weighted by atomic mass is 19.4. The first-order chi connectivity index (χ1) is 22.5. The molecule has 0 aliphatic carbocycles. The second-order valence-electron chi connectivity index (χ2n) is 12.7. The van der Waals surface area contributed by atoms with Gasteiger partial charge in [0, 0.05) is 17.1 Å². The predicted octanol–water partition coefficient (Wildman–Crippen LogP) is 4.09. The van der Waals surface area contributed by atoms with Crippen molar-refractivity contribution >= 4 is 30.2 Å². The Labute approximate surface area is 269 Å². The average Bonchev–Trinajstić information content (AvgIpc) is 3.67. The molecule has 246 valence electrons. The van der Waals surface area contributed by atoms with Crippen LogP contribution in [0.5, 0.6) is 0 Å². The Morgan fingerprint density at radius 2 is 1.79 bits per heavy atom. The van der Waals surface area contributed by atoms with Crippen molar-refractivity contribution in [1.82, 2.24) is 30.0 Å². The molecule has 0 spiro atoms. The average molecular weight is 650 g/mol. The smallest absolute Gasteiger partial charge is 0.398 e. The second kappa shape index (κ2) is 12.2. The zero-order valence-corrected chi connectivity index (χ0v) is 25.9. The largest absolute Gasteiger partial charge is 0.496 e. The highest BCUT2D eigenvalue weighted by Crippen LogP contribution is 2.42. The molecular weight excluding hydrogens is 616 g/mol. The zero-order chi connectivity index (χ0) is 32.8. The summed E-state index contributed by atoms with van der Waals surface area (Å²) in [5, 5.41) is 21.1. The van der Waals surface area contributed by atoms with Gasteiger partial charge in [0.2, 0.25) is 5.95 Å². The molecule has 2 bridgehead atoms. The van der Waals surface area contributed by atoms with Crippen molar-refractivity contribution in [2.75, 3.05) is 43.5 Å². The van der Waals surface area contributed by atoms with Crippen LogP contribution in [-0.4, -0.2) is 81.2 Å². The summed E-state index contributed by atoms with van der Waals surface area (Å²) < 4.78 is 55.0. The molecule has 4 aromatic rings. The summed E-state index contributed by atoms with van der Waals surface area (Å²) in [4.78, 5) is 21.1. The first-order valence-corrected chi connectivity index (χ1v) is 15.5. The standard InChI is InChI=1S/C31H34BF3N8O4/c1-29(2)24-21(32(47-29)45-18-31(33,34)35)8-9-23(38-24)39-28-36-16-20(25(40-28)37-22(17-44)19-6-4-3-5-7-19)26-41-27(42-46-26)30-10-13-43(14-11-30)15-12-30/h3-9,16,22,44H,10-15,17-18H2,1-2H3,(H2,36,37,38,39,40)/t22-/m1/s1. The van der Waals surface area contributed by atoms with Crippen LogP contribution >= 0.6 is 0 Å². The Balaban J connectivity index is 1.19. The van der Waals surface area contributed by atoms with Gasteiger partial charge in [0.15, 0.2) is 5.82 Å². The maximum Gasteiger partial charge on any atom is 0.496 e. The van der Waals surface area contributed by atoms with Crippen LogP contribution in [0.15, 0.2) is 53.2 Å². The monoisotopic (exact) mass is 650 g/mol. The maximum absolute atomic E-state index is 12.8. The number of rotatable bonds is 10. The number of halogens is 3. The summed E-state index contributed by atoms with van der Waals surface area (Å²) in [6.07, 6.45) is -0.00524. The van der Waals surface area contributed by atoms with Gasteiger partial charge in [-0.15, -0.1) is 0 Å². The van der Waals surface area contributed by atoms with Crippen molar-refractivity contribution in [2.45, 2.75) is 56.3 Å². The fraction of sp³-hybridized carbons (Fsp3) is 0.452. The predicted molar refractivity (Wildman–Crippen MR) is 166 cm³/mol. The van der Waals surface area contributed by atoms with Crippen molar-refractivity contribution in [3.63, 3.8) is 0 Å². The van der Waals surface area contributed by atoms with Gasteiger partial charge in [0.1, 0.15) is 23.8 Å². The summed E-state index contributed by atoms with van der Waals surface area (Å²) in [5.74, 6) is 1.82. The van der Waals surface area contributed by atoms with E-state index in [1.807, 2.05) is 30.3 Å². The molecule has 8 rings (SSSR count). The van der Waals surface area contributed by atoms with Gasteiger partial charge in [0.25, 0.3) is 5.89 Å². The quantitative estimate of drug-likeness (QED) is 0.213. The summed E-state index contributed by atoms with van der Waals surface area (Å²) in [5.41, 5.74) is 1.03. The minimum Gasteiger partial charge on any atom is -0.398 e. The molecule has 4 aliphatic rings.